The molecule has 6 nitrogen and oxygen atoms in total. The molecule has 0 bridgehead atoms. The van der Waals surface area contributed by atoms with Gasteiger partial charge in [0, 0.05) is 69.5 Å². The molecule has 3 heterocycles. The minimum atomic E-state index is 0.324. The van der Waals surface area contributed by atoms with Gasteiger partial charge in [-0.15, -0.1) is 0 Å². The van der Waals surface area contributed by atoms with Crippen LogP contribution in [-0.2, 0) is 18.3 Å². The predicted molar refractivity (Wildman–Crippen MR) is 94.6 cm³/mol. The minimum Gasteiger partial charge on any atom is -0.373 e. The van der Waals surface area contributed by atoms with Gasteiger partial charge < -0.3 is 10.1 Å². The minimum absolute atomic E-state index is 0.324. The molecule has 2 aromatic rings. The molecule has 3 rings (SSSR count). The largest absolute Gasteiger partial charge is 0.373 e. The number of pyridine rings is 1. The van der Waals surface area contributed by atoms with Gasteiger partial charge in [-0.05, 0) is 26.0 Å². The Balaban J connectivity index is 1.52. The summed E-state index contributed by atoms with van der Waals surface area (Å²) in [6.45, 7) is 9.15. The van der Waals surface area contributed by atoms with Crippen LogP contribution in [0.5, 0.6) is 0 Å². The number of hydrogen-bond acceptors (Lipinski definition) is 5. The summed E-state index contributed by atoms with van der Waals surface area (Å²) in [5.41, 5.74) is 3.35. The molecular formula is C18H27N5O. The van der Waals surface area contributed by atoms with Crippen molar-refractivity contribution in [2.45, 2.75) is 32.6 Å². The van der Waals surface area contributed by atoms with E-state index in [0.717, 1.165) is 44.0 Å². The number of aromatic nitrogens is 3. The predicted octanol–water partition coefficient (Wildman–Crippen LogP) is 1.68. The normalized spacial score (nSPS) is 22.0. The van der Waals surface area contributed by atoms with Crippen LogP contribution in [0.3, 0.4) is 0 Å². The molecule has 6 heteroatoms. The van der Waals surface area contributed by atoms with Crippen molar-refractivity contribution in [2.24, 2.45) is 7.05 Å². The summed E-state index contributed by atoms with van der Waals surface area (Å²) in [7, 11) is 1.96. The third kappa shape index (κ3) is 4.41. The van der Waals surface area contributed by atoms with Gasteiger partial charge in [-0.2, -0.15) is 5.10 Å². The fourth-order valence-corrected chi connectivity index (χ4v) is 3.35. The van der Waals surface area contributed by atoms with Crippen LogP contribution < -0.4 is 5.32 Å². The van der Waals surface area contributed by atoms with Gasteiger partial charge in [-0.25, -0.2) is 0 Å². The van der Waals surface area contributed by atoms with Crippen LogP contribution >= 0.6 is 0 Å². The highest BCUT2D eigenvalue weighted by molar-refractivity contribution is 5.61. The monoisotopic (exact) mass is 329 g/mol. The van der Waals surface area contributed by atoms with Crippen LogP contribution in [-0.4, -0.2) is 58.1 Å². The lowest BCUT2D eigenvalue weighted by molar-refractivity contribution is -0.0674. The molecule has 0 radical (unpaired) electrons. The summed E-state index contributed by atoms with van der Waals surface area (Å²) < 4.78 is 7.65. The van der Waals surface area contributed by atoms with Crippen LogP contribution in [0.25, 0.3) is 11.3 Å². The van der Waals surface area contributed by atoms with E-state index in [1.807, 2.05) is 36.3 Å². The maximum atomic E-state index is 5.78. The smallest absolute Gasteiger partial charge is 0.0969 e. The lowest BCUT2D eigenvalue weighted by Gasteiger charge is -2.35. The van der Waals surface area contributed by atoms with E-state index >= 15 is 0 Å². The summed E-state index contributed by atoms with van der Waals surface area (Å²) >= 11 is 0. The zero-order valence-corrected chi connectivity index (χ0v) is 14.8. The van der Waals surface area contributed by atoms with Crippen molar-refractivity contribution in [3.05, 3.63) is 36.3 Å². The number of nitrogens with zero attached hydrogens (tertiary/aromatic N) is 4. The quantitative estimate of drug-likeness (QED) is 0.817. The number of nitrogens with one attached hydrogen (secondary N) is 1. The maximum Gasteiger partial charge on any atom is 0.0969 e. The Bertz CT molecular complexity index is 632. The fraction of sp³-hybridized carbons (Fsp3) is 0.556. The molecule has 130 valence electrons. The zero-order valence-electron chi connectivity index (χ0n) is 14.8. The average molecular weight is 329 g/mol. The van der Waals surface area contributed by atoms with Gasteiger partial charge in [0.25, 0.3) is 0 Å². The molecule has 1 aliphatic heterocycles. The first-order valence-corrected chi connectivity index (χ1v) is 8.63. The molecule has 0 spiro atoms. The van der Waals surface area contributed by atoms with Crippen molar-refractivity contribution in [1.82, 2.24) is 25.0 Å². The van der Waals surface area contributed by atoms with E-state index in [9.17, 15) is 0 Å². The van der Waals surface area contributed by atoms with Crippen molar-refractivity contribution in [2.75, 3.05) is 26.2 Å². The van der Waals surface area contributed by atoms with E-state index in [1.165, 1.54) is 5.56 Å². The first-order valence-electron chi connectivity index (χ1n) is 8.63. The van der Waals surface area contributed by atoms with Crippen molar-refractivity contribution >= 4 is 0 Å². The van der Waals surface area contributed by atoms with E-state index in [1.54, 1.807) is 0 Å². The van der Waals surface area contributed by atoms with Gasteiger partial charge in [0.15, 0.2) is 0 Å². The summed E-state index contributed by atoms with van der Waals surface area (Å²) in [5.74, 6) is 0. The number of rotatable bonds is 6. The maximum absolute atomic E-state index is 5.78. The van der Waals surface area contributed by atoms with Gasteiger partial charge in [0.1, 0.15) is 0 Å². The second-order valence-corrected chi connectivity index (χ2v) is 6.61. The molecule has 0 aromatic carbocycles. The second kappa shape index (κ2) is 7.88. The molecule has 1 aliphatic rings. The lowest BCUT2D eigenvalue weighted by atomic mass is 10.1. The van der Waals surface area contributed by atoms with E-state index in [-0.39, 0.29) is 0 Å². The number of hydrogen-bond donors (Lipinski definition) is 1. The lowest BCUT2D eigenvalue weighted by Crippen LogP contribution is -2.47. The third-order valence-corrected chi connectivity index (χ3v) is 4.27. The van der Waals surface area contributed by atoms with Crippen LogP contribution in [0.1, 0.15) is 19.4 Å². The van der Waals surface area contributed by atoms with Crippen molar-refractivity contribution in [3.63, 3.8) is 0 Å². The Morgan fingerprint density at radius 1 is 1.21 bits per heavy atom. The first kappa shape index (κ1) is 17.1. The zero-order chi connectivity index (χ0) is 16.9. The summed E-state index contributed by atoms with van der Waals surface area (Å²) in [6.07, 6.45) is 6.35. The Kier molecular flexibility index (Phi) is 5.60. The molecule has 24 heavy (non-hydrogen) atoms. The van der Waals surface area contributed by atoms with Crippen molar-refractivity contribution < 1.29 is 4.74 Å². The Morgan fingerprint density at radius 3 is 2.62 bits per heavy atom. The van der Waals surface area contributed by atoms with Crippen molar-refractivity contribution in [1.29, 1.82) is 0 Å². The van der Waals surface area contributed by atoms with E-state index in [0.29, 0.717) is 12.2 Å². The van der Waals surface area contributed by atoms with Gasteiger partial charge in [-0.3, -0.25) is 14.6 Å². The summed E-state index contributed by atoms with van der Waals surface area (Å²) in [4.78, 5) is 6.55. The molecule has 0 unspecified atom stereocenters. The SMILES string of the molecule is C[C@@H]1CN(CCNCc2cn(C)nc2-c2ccncc2)C[C@@H](C)O1. The molecule has 1 N–H and O–H groups in total. The highest BCUT2D eigenvalue weighted by Gasteiger charge is 2.21. The van der Waals surface area contributed by atoms with Gasteiger partial charge >= 0.3 is 0 Å². The van der Waals surface area contributed by atoms with E-state index in [4.69, 9.17) is 4.74 Å². The Labute approximate surface area is 143 Å². The second-order valence-electron chi connectivity index (χ2n) is 6.61. The molecule has 2 aromatic heterocycles. The first-order chi connectivity index (χ1) is 11.6. The van der Waals surface area contributed by atoms with E-state index in [2.05, 4.69) is 40.3 Å². The molecule has 1 fully saturated rings. The van der Waals surface area contributed by atoms with Crippen LogP contribution in [0, 0.1) is 0 Å². The summed E-state index contributed by atoms with van der Waals surface area (Å²) in [6, 6.07) is 4.00. The summed E-state index contributed by atoms with van der Waals surface area (Å²) in [5, 5.41) is 8.14. The van der Waals surface area contributed by atoms with Crippen LogP contribution in [0.4, 0.5) is 0 Å². The van der Waals surface area contributed by atoms with Crippen molar-refractivity contribution in [3.8, 4) is 11.3 Å². The van der Waals surface area contributed by atoms with E-state index < -0.39 is 0 Å². The standard InChI is InChI=1S/C18H27N5O/c1-14-11-23(12-15(2)24-14)9-8-20-10-17-13-22(3)21-18(17)16-4-6-19-7-5-16/h4-7,13-15,20H,8-12H2,1-3H3/t14-,15-/m1/s1. The average Bonchev–Trinajstić information content (AvgIpc) is 2.92. The molecule has 0 aliphatic carbocycles. The van der Waals surface area contributed by atoms with Gasteiger partial charge in [0.2, 0.25) is 0 Å². The molecular weight excluding hydrogens is 302 g/mol. The van der Waals surface area contributed by atoms with Gasteiger partial charge in [-0.1, -0.05) is 0 Å². The number of morpholine rings is 1. The molecule has 2 atom stereocenters. The highest BCUT2D eigenvalue weighted by atomic mass is 16.5. The molecule has 0 saturated carbocycles. The number of ether oxygens (including phenoxy) is 1. The molecule has 1 saturated heterocycles. The topological polar surface area (TPSA) is 55.2 Å². The Morgan fingerprint density at radius 2 is 1.92 bits per heavy atom. The van der Waals surface area contributed by atoms with Crippen LogP contribution in [0.2, 0.25) is 0 Å². The van der Waals surface area contributed by atoms with Crippen LogP contribution in [0.15, 0.2) is 30.7 Å². The highest BCUT2D eigenvalue weighted by Crippen LogP contribution is 2.20. The molecule has 0 amide bonds. The third-order valence-electron chi connectivity index (χ3n) is 4.27. The fourth-order valence-electron chi connectivity index (χ4n) is 3.35. The van der Waals surface area contributed by atoms with Gasteiger partial charge in [0.05, 0.1) is 17.9 Å². The number of aryl methyl sites for hydroxylation is 1. The Hall–Kier alpha value is -1.76.